The van der Waals surface area contributed by atoms with Gasteiger partial charge in [-0.3, -0.25) is 0 Å². The Labute approximate surface area is 122 Å². The highest BCUT2D eigenvalue weighted by Gasteiger charge is 2.10. The van der Waals surface area contributed by atoms with Crippen LogP contribution >= 0.6 is 27.3 Å². The Balaban J connectivity index is 2.21. The van der Waals surface area contributed by atoms with Gasteiger partial charge in [-0.05, 0) is 41.1 Å². The molecule has 2 aromatic rings. The Bertz CT molecular complexity index is 612. The van der Waals surface area contributed by atoms with E-state index in [0.29, 0.717) is 23.6 Å². The van der Waals surface area contributed by atoms with E-state index in [2.05, 4.69) is 21.1 Å². The lowest BCUT2D eigenvalue weighted by molar-refractivity contribution is 0.305. The molecule has 19 heavy (non-hydrogen) atoms. The molecule has 1 aromatic carbocycles. The highest BCUT2D eigenvalue weighted by Crippen LogP contribution is 2.25. The van der Waals surface area contributed by atoms with E-state index in [0.717, 1.165) is 9.35 Å². The van der Waals surface area contributed by atoms with Crippen molar-refractivity contribution in [3.63, 3.8) is 0 Å². The van der Waals surface area contributed by atoms with E-state index in [1.165, 1.54) is 18.2 Å². The second-order valence-corrected chi connectivity index (χ2v) is 5.76. The molecular formula is C13H11BrFNO2S. The highest BCUT2D eigenvalue weighted by molar-refractivity contribution is 9.10. The summed E-state index contributed by atoms with van der Waals surface area (Å²) in [5.41, 5.74) is 0.946. The quantitative estimate of drug-likeness (QED) is 0.507. The van der Waals surface area contributed by atoms with Crippen molar-refractivity contribution in [2.24, 2.45) is 5.16 Å². The van der Waals surface area contributed by atoms with Crippen LogP contribution in [-0.2, 0) is 6.61 Å². The van der Waals surface area contributed by atoms with Crippen LogP contribution in [0.2, 0.25) is 0 Å². The number of thiophene rings is 1. The molecule has 3 nitrogen and oxygen atoms in total. The van der Waals surface area contributed by atoms with Gasteiger partial charge in [0.1, 0.15) is 18.2 Å². The van der Waals surface area contributed by atoms with Crippen molar-refractivity contribution in [3.8, 4) is 5.75 Å². The Kier molecular flexibility index (Phi) is 4.55. The molecule has 100 valence electrons. The normalized spacial score (nSPS) is 11.6. The molecule has 0 bridgehead atoms. The molecule has 0 aliphatic rings. The van der Waals surface area contributed by atoms with Crippen LogP contribution in [0.5, 0.6) is 5.75 Å². The van der Waals surface area contributed by atoms with Gasteiger partial charge in [0.25, 0.3) is 0 Å². The summed E-state index contributed by atoms with van der Waals surface area (Å²) in [7, 11) is 0. The fraction of sp³-hybridized carbons (Fsp3) is 0.154. The van der Waals surface area contributed by atoms with Gasteiger partial charge in [-0.1, -0.05) is 5.16 Å². The standard InChI is InChI=1S/C13H11BrFNO2S/c1-8(16-17)12-3-2-10(15)5-13(12)18-6-11-4-9(14)7-19-11/h2-5,7,17H,6H2,1H3. The number of oxime groups is 1. The van der Waals surface area contributed by atoms with Crippen molar-refractivity contribution in [1.29, 1.82) is 0 Å². The number of rotatable bonds is 4. The summed E-state index contributed by atoms with van der Waals surface area (Å²) in [5, 5.41) is 13.9. The third-order valence-electron chi connectivity index (χ3n) is 2.48. The zero-order chi connectivity index (χ0) is 13.8. The van der Waals surface area contributed by atoms with Crippen LogP contribution in [0.1, 0.15) is 17.4 Å². The van der Waals surface area contributed by atoms with Crippen LogP contribution in [0.25, 0.3) is 0 Å². The van der Waals surface area contributed by atoms with E-state index >= 15 is 0 Å². The van der Waals surface area contributed by atoms with Crippen LogP contribution in [0.15, 0.2) is 39.3 Å². The van der Waals surface area contributed by atoms with E-state index < -0.39 is 5.82 Å². The van der Waals surface area contributed by atoms with Crippen LogP contribution in [0.3, 0.4) is 0 Å². The van der Waals surface area contributed by atoms with Crippen LogP contribution in [0.4, 0.5) is 4.39 Å². The van der Waals surface area contributed by atoms with Gasteiger partial charge in [0.05, 0.1) is 5.71 Å². The van der Waals surface area contributed by atoms with Gasteiger partial charge in [-0.2, -0.15) is 0 Å². The van der Waals surface area contributed by atoms with Gasteiger partial charge in [0.2, 0.25) is 0 Å². The average Bonchev–Trinajstić information content (AvgIpc) is 2.81. The second-order valence-electron chi connectivity index (χ2n) is 3.85. The lowest BCUT2D eigenvalue weighted by Crippen LogP contribution is -2.02. The van der Waals surface area contributed by atoms with Crippen molar-refractivity contribution >= 4 is 33.0 Å². The molecule has 0 aliphatic heterocycles. The summed E-state index contributed by atoms with van der Waals surface area (Å²) in [5.74, 6) is -0.0309. The predicted octanol–water partition coefficient (Wildman–Crippen LogP) is 4.43. The molecule has 1 N–H and O–H groups in total. The molecule has 0 fully saturated rings. The first-order chi connectivity index (χ1) is 9.10. The first-order valence-corrected chi connectivity index (χ1v) is 7.11. The van der Waals surface area contributed by atoms with Gasteiger partial charge < -0.3 is 9.94 Å². The molecule has 0 saturated heterocycles. The fourth-order valence-corrected chi connectivity index (χ4v) is 2.91. The zero-order valence-electron chi connectivity index (χ0n) is 10.1. The minimum Gasteiger partial charge on any atom is -0.487 e. The first-order valence-electron chi connectivity index (χ1n) is 5.44. The zero-order valence-corrected chi connectivity index (χ0v) is 12.5. The highest BCUT2D eigenvalue weighted by atomic mass is 79.9. The largest absolute Gasteiger partial charge is 0.487 e. The SMILES string of the molecule is CC(=NO)c1ccc(F)cc1OCc1cc(Br)cs1. The molecule has 6 heteroatoms. The number of ether oxygens (including phenoxy) is 1. The molecule has 1 aromatic heterocycles. The smallest absolute Gasteiger partial charge is 0.131 e. The van der Waals surface area contributed by atoms with Crippen molar-refractivity contribution < 1.29 is 14.3 Å². The molecule has 0 radical (unpaired) electrons. The maximum absolute atomic E-state index is 13.3. The topological polar surface area (TPSA) is 41.8 Å². The molecule has 2 rings (SSSR count). The summed E-state index contributed by atoms with van der Waals surface area (Å²) in [6, 6.07) is 6.06. The van der Waals surface area contributed by atoms with E-state index in [1.807, 2.05) is 11.4 Å². The predicted molar refractivity (Wildman–Crippen MR) is 76.7 cm³/mol. The monoisotopic (exact) mass is 343 g/mol. The summed E-state index contributed by atoms with van der Waals surface area (Å²) >= 11 is 4.91. The number of hydrogen-bond acceptors (Lipinski definition) is 4. The maximum atomic E-state index is 13.3. The van der Waals surface area contributed by atoms with E-state index in [9.17, 15) is 4.39 Å². The van der Waals surface area contributed by atoms with Gasteiger partial charge >= 0.3 is 0 Å². The molecule has 0 unspecified atom stereocenters. The number of benzene rings is 1. The van der Waals surface area contributed by atoms with Crippen molar-refractivity contribution in [1.82, 2.24) is 0 Å². The van der Waals surface area contributed by atoms with Crippen LogP contribution < -0.4 is 4.74 Å². The van der Waals surface area contributed by atoms with Crippen molar-refractivity contribution in [2.45, 2.75) is 13.5 Å². The Hall–Kier alpha value is -1.40. The third-order valence-corrected chi connectivity index (χ3v) is 4.15. The van der Waals surface area contributed by atoms with E-state index in [-0.39, 0.29) is 0 Å². The minimum absolute atomic E-state index is 0.339. The average molecular weight is 344 g/mol. The Morgan fingerprint density at radius 3 is 2.89 bits per heavy atom. The number of hydrogen-bond donors (Lipinski definition) is 1. The fourth-order valence-electron chi connectivity index (χ4n) is 1.55. The third kappa shape index (κ3) is 3.54. The molecule has 0 atom stereocenters. The molecule has 0 amide bonds. The summed E-state index contributed by atoms with van der Waals surface area (Å²) in [4.78, 5) is 1.01. The number of nitrogens with zero attached hydrogens (tertiary/aromatic N) is 1. The molecule has 0 aliphatic carbocycles. The maximum Gasteiger partial charge on any atom is 0.131 e. The summed E-state index contributed by atoms with van der Waals surface area (Å²) in [6.07, 6.45) is 0. The molecule has 0 spiro atoms. The second kappa shape index (κ2) is 6.16. The minimum atomic E-state index is -0.392. The summed E-state index contributed by atoms with van der Waals surface area (Å²) in [6.45, 7) is 1.97. The van der Waals surface area contributed by atoms with Crippen molar-refractivity contribution in [2.75, 3.05) is 0 Å². The first kappa shape index (κ1) is 14.0. The van der Waals surface area contributed by atoms with E-state index in [1.54, 1.807) is 18.3 Å². The molecule has 0 saturated carbocycles. The van der Waals surface area contributed by atoms with Gasteiger partial charge in [-0.15, -0.1) is 11.3 Å². The van der Waals surface area contributed by atoms with Crippen LogP contribution in [-0.4, -0.2) is 10.9 Å². The Morgan fingerprint density at radius 1 is 1.47 bits per heavy atom. The van der Waals surface area contributed by atoms with E-state index in [4.69, 9.17) is 9.94 Å². The number of halogens is 2. The molecular weight excluding hydrogens is 333 g/mol. The van der Waals surface area contributed by atoms with Crippen LogP contribution in [0, 0.1) is 5.82 Å². The lowest BCUT2D eigenvalue weighted by Gasteiger charge is -2.10. The Morgan fingerprint density at radius 2 is 2.26 bits per heavy atom. The van der Waals surface area contributed by atoms with Gasteiger partial charge in [-0.25, -0.2) is 4.39 Å². The lowest BCUT2D eigenvalue weighted by atomic mass is 10.1. The van der Waals surface area contributed by atoms with Crippen molar-refractivity contribution in [3.05, 3.63) is 50.4 Å². The molecule has 1 heterocycles. The van der Waals surface area contributed by atoms with Gasteiger partial charge in [0, 0.05) is 26.4 Å². The van der Waals surface area contributed by atoms with Gasteiger partial charge in [0.15, 0.2) is 0 Å². The summed E-state index contributed by atoms with van der Waals surface area (Å²) < 4.78 is 19.8.